The van der Waals surface area contributed by atoms with E-state index in [1.165, 1.54) is 11.6 Å². The molecule has 0 amide bonds. The summed E-state index contributed by atoms with van der Waals surface area (Å²) in [5, 5.41) is 9.53. The highest BCUT2D eigenvalue weighted by Gasteiger charge is 2.27. The highest BCUT2D eigenvalue weighted by atomic mass is 19.1. The van der Waals surface area contributed by atoms with Gasteiger partial charge in [0, 0.05) is 50.9 Å². The van der Waals surface area contributed by atoms with E-state index in [1.54, 1.807) is 12.1 Å². The van der Waals surface area contributed by atoms with Crippen LogP contribution in [-0.4, -0.2) is 53.8 Å². The van der Waals surface area contributed by atoms with Gasteiger partial charge in [-0.05, 0) is 37.1 Å². The number of ether oxygens (including phenoxy) is 1. The zero-order valence-electron chi connectivity index (χ0n) is 16.0. The first-order valence-electron chi connectivity index (χ1n) is 9.72. The SMILES string of the molecule is CCOc1ccccc1CN1CCN(Cc2cccc(F)c2)C[C@@H]1CCO. The van der Waals surface area contributed by atoms with Crippen LogP contribution in [0.2, 0.25) is 0 Å². The molecule has 0 radical (unpaired) electrons. The van der Waals surface area contributed by atoms with Crippen LogP contribution in [0.3, 0.4) is 0 Å². The van der Waals surface area contributed by atoms with Gasteiger partial charge < -0.3 is 9.84 Å². The summed E-state index contributed by atoms with van der Waals surface area (Å²) in [5.74, 6) is 0.746. The van der Waals surface area contributed by atoms with E-state index in [1.807, 2.05) is 31.2 Å². The molecule has 0 aromatic heterocycles. The first kappa shape index (κ1) is 19.8. The van der Waals surface area contributed by atoms with E-state index in [-0.39, 0.29) is 18.5 Å². The molecule has 146 valence electrons. The number of rotatable bonds is 8. The van der Waals surface area contributed by atoms with Crippen LogP contribution in [0.25, 0.3) is 0 Å². The Balaban J connectivity index is 1.66. The van der Waals surface area contributed by atoms with Crippen molar-refractivity contribution in [3.05, 3.63) is 65.5 Å². The topological polar surface area (TPSA) is 35.9 Å². The number of halogens is 1. The second kappa shape index (κ2) is 9.83. The Bertz CT molecular complexity index is 725. The van der Waals surface area contributed by atoms with Crippen LogP contribution < -0.4 is 4.74 Å². The van der Waals surface area contributed by atoms with Gasteiger partial charge in [0.05, 0.1) is 6.61 Å². The van der Waals surface area contributed by atoms with E-state index in [0.717, 1.165) is 50.5 Å². The van der Waals surface area contributed by atoms with Gasteiger partial charge in [0.2, 0.25) is 0 Å². The highest BCUT2D eigenvalue weighted by Crippen LogP contribution is 2.24. The van der Waals surface area contributed by atoms with Crippen LogP contribution in [0.1, 0.15) is 24.5 Å². The smallest absolute Gasteiger partial charge is 0.123 e. The van der Waals surface area contributed by atoms with E-state index >= 15 is 0 Å². The molecule has 27 heavy (non-hydrogen) atoms. The molecule has 1 N–H and O–H groups in total. The first-order valence-corrected chi connectivity index (χ1v) is 9.72. The number of hydrogen-bond acceptors (Lipinski definition) is 4. The van der Waals surface area contributed by atoms with Gasteiger partial charge in [-0.25, -0.2) is 4.39 Å². The van der Waals surface area contributed by atoms with Crippen molar-refractivity contribution in [3.63, 3.8) is 0 Å². The predicted octanol–water partition coefficient (Wildman–Crippen LogP) is 3.29. The molecular weight excluding hydrogens is 343 g/mol. The minimum absolute atomic E-state index is 0.169. The number of nitrogens with zero attached hydrogens (tertiary/aromatic N) is 2. The lowest BCUT2D eigenvalue weighted by molar-refractivity contribution is 0.0494. The Kier molecular flexibility index (Phi) is 7.21. The molecule has 0 bridgehead atoms. The van der Waals surface area contributed by atoms with Crippen LogP contribution in [0.4, 0.5) is 4.39 Å². The summed E-state index contributed by atoms with van der Waals surface area (Å²) >= 11 is 0. The van der Waals surface area contributed by atoms with E-state index in [9.17, 15) is 9.50 Å². The Morgan fingerprint density at radius 1 is 1.11 bits per heavy atom. The molecule has 1 heterocycles. The minimum atomic E-state index is -0.189. The third-order valence-electron chi connectivity index (χ3n) is 5.09. The third kappa shape index (κ3) is 5.51. The molecule has 0 spiro atoms. The highest BCUT2D eigenvalue weighted by molar-refractivity contribution is 5.33. The summed E-state index contributed by atoms with van der Waals surface area (Å²) in [7, 11) is 0. The van der Waals surface area contributed by atoms with E-state index < -0.39 is 0 Å². The maximum Gasteiger partial charge on any atom is 0.123 e. The van der Waals surface area contributed by atoms with Gasteiger partial charge in [-0.15, -0.1) is 0 Å². The average molecular weight is 372 g/mol. The molecule has 0 saturated carbocycles. The van der Waals surface area contributed by atoms with Crippen LogP contribution in [-0.2, 0) is 13.1 Å². The molecule has 1 fully saturated rings. The van der Waals surface area contributed by atoms with E-state index in [0.29, 0.717) is 6.61 Å². The van der Waals surface area contributed by atoms with Gasteiger partial charge in [-0.2, -0.15) is 0 Å². The first-order chi connectivity index (χ1) is 13.2. The maximum atomic E-state index is 13.5. The van der Waals surface area contributed by atoms with Crippen molar-refractivity contribution >= 4 is 0 Å². The number of para-hydroxylation sites is 1. The van der Waals surface area contributed by atoms with Crippen LogP contribution in [0.15, 0.2) is 48.5 Å². The summed E-state index contributed by atoms with van der Waals surface area (Å²) in [6.07, 6.45) is 0.733. The van der Waals surface area contributed by atoms with Crippen molar-refractivity contribution in [2.75, 3.05) is 32.8 Å². The van der Waals surface area contributed by atoms with Crippen molar-refractivity contribution in [1.82, 2.24) is 9.80 Å². The van der Waals surface area contributed by atoms with Crippen LogP contribution in [0.5, 0.6) is 5.75 Å². The molecule has 4 nitrogen and oxygen atoms in total. The second-order valence-electron chi connectivity index (χ2n) is 7.04. The summed E-state index contributed by atoms with van der Waals surface area (Å²) in [6.45, 7) is 7.08. The summed E-state index contributed by atoms with van der Waals surface area (Å²) in [6, 6.07) is 15.2. The average Bonchev–Trinajstić information content (AvgIpc) is 2.66. The number of piperazine rings is 1. The zero-order chi connectivity index (χ0) is 19.1. The molecule has 2 aromatic carbocycles. The monoisotopic (exact) mass is 372 g/mol. The third-order valence-corrected chi connectivity index (χ3v) is 5.09. The number of benzene rings is 2. The second-order valence-corrected chi connectivity index (χ2v) is 7.04. The van der Waals surface area contributed by atoms with Crippen LogP contribution in [0, 0.1) is 5.82 Å². The standard InChI is InChI=1S/C22H29FN2O2/c1-2-27-22-9-4-3-7-19(22)16-25-12-11-24(17-21(25)10-13-26)15-18-6-5-8-20(23)14-18/h3-9,14,21,26H,2,10-13,15-17H2,1H3/t21-/m0/s1. The number of aliphatic hydroxyl groups excluding tert-OH is 1. The molecule has 1 aliphatic rings. The largest absolute Gasteiger partial charge is 0.494 e. The van der Waals surface area contributed by atoms with Crippen molar-refractivity contribution < 1.29 is 14.2 Å². The maximum absolute atomic E-state index is 13.5. The molecule has 2 aromatic rings. The molecule has 3 rings (SSSR count). The lowest BCUT2D eigenvalue weighted by Gasteiger charge is -2.41. The lowest BCUT2D eigenvalue weighted by atomic mass is 10.1. The normalized spacial score (nSPS) is 18.6. The molecule has 5 heteroatoms. The van der Waals surface area contributed by atoms with Crippen molar-refractivity contribution in [3.8, 4) is 5.75 Å². The Morgan fingerprint density at radius 3 is 2.74 bits per heavy atom. The van der Waals surface area contributed by atoms with Gasteiger partial charge in [0.15, 0.2) is 0 Å². The Hall–Kier alpha value is -1.95. The summed E-state index contributed by atoms with van der Waals surface area (Å²) in [4.78, 5) is 4.77. The van der Waals surface area contributed by atoms with Gasteiger partial charge in [-0.1, -0.05) is 30.3 Å². The van der Waals surface area contributed by atoms with Crippen molar-refractivity contribution in [1.29, 1.82) is 0 Å². The molecule has 0 aliphatic carbocycles. The number of aliphatic hydroxyl groups is 1. The predicted molar refractivity (Wildman–Crippen MR) is 105 cm³/mol. The molecule has 1 aliphatic heterocycles. The fourth-order valence-electron chi connectivity index (χ4n) is 3.77. The van der Waals surface area contributed by atoms with Crippen molar-refractivity contribution in [2.45, 2.75) is 32.5 Å². The van der Waals surface area contributed by atoms with Crippen LogP contribution >= 0.6 is 0 Å². The lowest BCUT2D eigenvalue weighted by Crippen LogP contribution is -2.52. The van der Waals surface area contributed by atoms with Crippen molar-refractivity contribution in [2.24, 2.45) is 0 Å². The Labute approximate surface area is 161 Å². The van der Waals surface area contributed by atoms with Gasteiger partial charge in [-0.3, -0.25) is 9.80 Å². The van der Waals surface area contributed by atoms with Gasteiger partial charge >= 0.3 is 0 Å². The molecule has 0 unspecified atom stereocenters. The fourth-order valence-corrected chi connectivity index (χ4v) is 3.77. The van der Waals surface area contributed by atoms with E-state index in [2.05, 4.69) is 15.9 Å². The molecule has 1 atom stereocenters. The quantitative estimate of drug-likeness (QED) is 0.771. The summed E-state index contributed by atoms with van der Waals surface area (Å²) in [5.41, 5.74) is 2.17. The minimum Gasteiger partial charge on any atom is -0.494 e. The zero-order valence-corrected chi connectivity index (χ0v) is 16.0. The molecular formula is C22H29FN2O2. The molecule has 1 saturated heterocycles. The van der Waals surface area contributed by atoms with Gasteiger partial charge in [0.1, 0.15) is 11.6 Å². The van der Waals surface area contributed by atoms with E-state index in [4.69, 9.17) is 4.74 Å². The summed E-state index contributed by atoms with van der Waals surface area (Å²) < 4.78 is 19.2. The fraction of sp³-hybridized carbons (Fsp3) is 0.455. The van der Waals surface area contributed by atoms with Gasteiger partial charge in [0.25, 0.3) is 0 Å². The number of hydrogen-bond donors (Lipinski definition) is 1. The Morgan fingerprint density at radius 2 is 1.96 bits per heavy atom.